The number of aliphatic carboxylic acids is 1. The van der Waals surface area contributed by atoms with Crippen LogP contribution in [0, 0.1) is 5.92 Å². The number of amides is 6. The van der Waals surface area contributed by atoms with Crippen LogP contribution in [0.2, 0.25) is 0 Å². The number of carbonyl (C=O) groups excluding carboxylic acids is 6. The second-order valence-electron chi connectivity index (χ2n) is 15.4. The van der Waals surface area contributed by atoms with E-state index < -0.39 is 83.7 Å². The van der Waals surface area contributed by atoms with Crippen molar-refractivity contribution in [1.82, 2.24) is 31.9 Å². The molecule has 0 unspecified atom stereocenters. The van der Waals surface area contributed by atoms with Crippen molar-refractivity contribution in [2.75, 3.05) is 19.6 Å². The van der Waals surface area contributed by atoms with Crippen molar-refractivity contribution < 1.29 is 43.8 Å². The molecular formula is C41H70N10O9. The zero-order valence-corrected chi connectivity index (χ0v) is 35.4. The number of phenolic OH excluding ortho intramolecular Hbond substituents is 1. The van der Waals surface area contributed by atoms with Gasteiger partial charge in [-0.3, -0.25) is 28.8 Å². The summed E-state index contributed by atoms with van der Waals surface area (Å²) in [6.45, 7) is 9.86. The van der Waals surface area contributed by atoms with Gasteiger partial charge in [-0.2, -0.15) is 0 Å². The van der Waals surface area contributed by atoms with E-state index in [2.05, 4.69) is 38.5 Å². The van der Waals surface area contributed by atoms with Crippen molar-refractivity contribution in [2.45, 2.75) is 140 Å². The fourth-order valence-corrected chi connectivity index (χ4v) is 6.10. The van der Waals surface area contributed by atoms with Gasteiger partial charge in [0, 0.05) is 6.42 Å². The lowest BCUT2D eigenvalue weighted by Gasteiger charge is -2.27. The predicted octanol–water partition coefficient (Wildman–Crippen LogP) is -0.716. The van der Waals surface area contributed by atoms with Gasteiger partial charge < -0.3 is 65.0 Å². The number of benzene rings is 1. The Morgan fingerprint density at radius 1 is 0.600 bits per heavy atom. The van der Waals surface area contributed by atoms with Crippen molar-refractivity contribution in [3.63, 3.8) is 0 Å². The molecule has 0 fully saturated rings. The van der Waals surface area contributed by atoms with Crippen LogP contribution in [0.4, 0.5) is 0 Å². The molecule has 19 nitrogen and oxygen atoms in total. The number of unbranched alkanes of at least 4 members (excludes halogenated alkanes) is 3. The summed E-state index contributed by atoms with van der Waals surface area (Å²) in [6.07, 6.45) is 5.28. The number of rotatable bonds is 31. The summed E-state index contributed by atoms with van der Waals surface area (Å²) >= 11 is 0. The molecule has 1 rings (SSSR count). The van der Waals surface area contributed by atoms with Crippen LogP contribution in [0.5, 0.6) is 5.75 Å². The van der Waals surface area contributed by atoms with Gasteiger partial charge in [-0.25, -0.2) is 4.79 Å². The highest BCUT2D eigenvalue weighted by molar-refractivity contribution is 5.97. The minimum absolute atomic E-state index is 0.0219. The van der Waals surface area contributed by atoms with E-state index in [9.17, 15) is 43.8 Å². The first kappa shape index (κ1) is 52.9. The van der Waals surface area contributed by atoms with Crippen LogP contribution in [0.1, 0.15) is 97.0 Å². The summed E-state index contributed by atoms with van der Waals surface area (Å²) in [6, 6.07) is -2.12. The number of carboxylic acids is 1. The molecule has 0 saturated carbocycles. The zero-order chi connectivity index (χ0) is 45.2. The third-order valence-corrected chi connectivity index (χ3v) is 9.58. The molecular weight excluding hydrogens is 777 g/mol. The Morgan fingerprint density at radius 2 is 1.03 bits per heavy atom. The van der Waals surface area contributed by atoms with Gasteiger partial charge in [0.15, 0.2) is 0 Å². The molecule has 0 spiro atoms. The normalized spacial score (nSPS) is 14.6. The average molecular weight is 847 g/mol. The lowest BCUT2D eigenvalue weighted by Crippen LogP contribution is -2.59. The van der Waals surface area contributed by atoms with Gasteiger partial charge in [0.2, 0.25) is 35.4 Å². The molecule has 1 aromatic rings. The first-order valence-corrected chi connectivity index (χ1v) is 20.8. The zero-order valence-electron chi connectivity index (χ0n) is 35.4. The second-order valence-corrected chi connectivity index (χ2v) is 15.4. The molecule has 19 heteroatoms. The molecule has 0 radical (unpaired) electrons. The summed E-state index contributed by atoms with van der Waals surface area (Å²) in [5, 5.41) is 35.3. The van der Waals surface area contributed by atoms with Crippen LogP contribution in [-0.2, 0) is 40.0 Å². The third kappa shape index (κ3) is 20.7. The van der Waals surface area contributed by atoms with E-state index in [-0.39, 0.29) is 43.8 Å². The number of nitrogens with one attached hydrogen (secondary N) is 6. The van der Waals surface area contributed by atoms with Crippen LogP contribution in [-0.4, -0.2) is 114 Å². The molecule has 0 aromatic heterocycles. The minimum atomic E-state index is -1.29. The Bertz CT molecular complexity index is 1530. The lowest BCUT2D eigenvalue weighted by atomic mass is 10.0. The van der Waals surface area contributed by atoms with Crippen molar-refractivity contribution in [2.24, 2.45) is 28.9 Å². The van der Waals surface area contributed by atoms with E-state index in [1.807, 2.05) is 0 Å². The fraction of sp³-hybridized carbons (Fsp3) is 0.634. The molecule has 7 atom stereocenters. The summed E-state index contributed by atoms with van der Waals surface area (Å²) in [5.41, 5.74) is 23.4. The summed E-state index contributed by atoms with van der Waals surface area (Å²) in [5.74, 6) is -5.50. The number of nitrogens with two attached hydrogens (primary N) is 4. The van der Waals surface area contributed by atoms with Gasteiger partial charge >= 0.3 is 5.97 Å². The van der Waals surface area contributed by atoms with Crippen LogP contribution in [0.15, 0.2) is 36.9 Å². The van der Waals surface area contributed by atoms with Crippen molar-refractivity contribution in [3.8, 4) is 5.75 Å². The van der Waals surface area contributed by atoms with Crippen molar-refractivity contribution in [3.05, 3.63) is 42.5 Å². The SMILES string of the molecule is C=CC[C@H](NC(=O)[C@H](CCCCN)NC(=O)[C@H](CCCCN)NC(=O)[C@H](C)NC(=O)[C@@H](N)CCCCN)C(=O)N[C@@H](Cc1ccc(O)cc1)C(=O)N[C@@H](CC(C)C)C(=O)O. The van der Waals surface area contributed by atoms with Gasteiger partial charge in [0.05, 0.1) is 6.04 Å². The van der Waals surface area contributed by atoms with Crippen LogP contribution in [0.25, 0.3) is 0 Å². The van der Waals surface area contributed by atoms with Gasteiger partial charge in [-0.15, -0.1) is 6.58 Å². The van der Waals surface area contributed by atoms with Crippen molar-refractivity contribution >= 4 is 41.4 Å². The molecule has 6 amide bonds. The Balaban J connectivity index is 3.30. The van der Waals surface area contributed by atoms with E-state index in [0.717, 1.165) is 0 Å². The number of carboxylic acid groups (broad SMARTS) is 1. The van der Waals surface area contributed by atoms with E-state index in [0.29, 0.717) is 70.1 Å². The maximum absolute atomic E-state index is 13.9. The summed E-state index contributed by atoms with van der Waals surface area (Å²) in [7, 11) is 0. The Kier molecular flexibility index (Phi) is 25.7. The molecule has 0 bridgehead atoms. The Hall–Kier alpha value is -5.11. The molecule has 0 aliphatic heterocycles. The Morgan fingerprint density at radius 3 is 1.52 bits per heavy atom. The quantitative estimate of drug-likeness (QED) is 0.0325. The fourth-order valence-electron chi connectivity index (χ4n) is 6.10. The first-order chi connectivity index (χ1) is 28.5. The largest absolute Gasteiger partial charge is 0.508 e. The first-order valence-electron chi connectivity index (χ1n) is 20.8. The van der Waals surface area contributed by atoms with Crippen molar-refractivity contribution in [1.29, 1.82) is 0 Å². The molecule has 16 N–H and O–H groups in total. The maximum Gasteiger partial charge on any atom is 0.326 e. The van der Waals surface area contributed by atoms with Gasteiger partial charge in [0.25, 0.3) is 0 Å². The number of aromatic hydroxyl groups is 1. The predicted molar refractivity (Wildman–Crippen MR) is 228 cm³/mol. The van der Waals surface area contributed by atoms with Gasteiger partial charge in [0.1, 0.15) is 42.0 Å². The molecule has 0 saturated heterocycles. The van der Waals surface area contributed by atoms with Crippen LogP contribution in [0.3, 0.4) is 0 Å². The molecule has 338 valence electrons. The van der Waals surface area contributed by atoms with Crippen LogP contribution >= 0.6 is 0 Å². The lowest BCUT2D eigenvalue weighted by molar-refractivity contribution is -0.142. The van der Waals surface area contributed by atoms with E-state index in [1.165, 1.54) is 25.1 Å². The monoisotopic (exact) mass is 847 g/mol. The minimum Gasteiger partial charge on any atom is -0.508 e. The molecule has 0 aliphatic rings. The molecule has 60 heavy (non-hydrogen) atoms. The summed E-state index contributed by atoms with van der Waals surface area (Å²) < 4.78 is 0. The topological polar surface area (TPSA) is 336 Å². The second kappa shape index (κ2) is 29.2. The van der Waals surface area contributed by atoms with E-state index in [1.54, 1.807) is 26.0 Å². The van der Waals surface area contributed by atoms with Crippen LogP contribution < -0.4 is 54.8 Å². The number of carbonyl (C=O) groups is 7. The number of hydrogen-bond donors (Lipinski definition) is 12. The highest BCUT2D eigenvalue weighted by Gasteiger charge is 2.33. The average Bonchev–Trinajstić information content (AvgIpc) is 3.19. The molecule has 1 aromatic carbocycles. The molecule has 0 heterocycles. The number of hydrogen-bond acceptors (Lipinski definition) is 12. The summed E-state index contributed by atoms with van der Waals surface area (Å²) in [4.78, 5) is 92.9. The highest BCUT2D eigenvalue weighted by Crippen LogP contribution is 2.14. The number of phenols is 1. The maximum atomic E-state index is 13.9. The van der Waals surface area contributed by atoms with Gasteiger partial charge in [-0.05, 0) is 114 Å². The standard InChI is InChI=1S/C41H70N10O9/c1-5-12-30(37(55)50-33(24-27-16-18-28(52)19-17-27)40(58)51-34(41(59)60)23-25(2)3)48-39(57)32(15-8-11-22-44)49-38(56)31(14-7-10-21-43)47-35(53)26(4)46-36(54)29(45)13-6-9-20-42/h5,16-19,25-26,29-34,52H,1,6-15,20-24,42-45H2,2-4H3,(H,46,54)(H,47,53)(H,48,57)(H,49,56)(H,50,55)(H,51,58)(H,59,60)/t26-,29-,30-,31-,32-,33-,34-/m0/s1. The highest BCUT2D eigenvalue weighted by atomic mass is 16.4. The molecule has 0 aliphatic carbocycles. The third-order valence-electron chi connectivity index (χ3n) is 9.58. The Labute approximate surface area is 353 Å². The smallest absolute Gasteiger partial charge is 0.326 e. The van der Waals surface area contributed by atoms with Gasteiger partial charge in [-0.1, -0.05) is 38.5 Å². The van der Waals surface area contributed by atoms with E-state index in [4.69, 9.17) is 22.9 Å². The van der Waals surface area contributed by atoms with E-state index >= 15 is 0 Å².